The van der Waals surface area contributed by atoms with Gasteiger partial charge in [0.2, 0.25) is 5.91 Å². The first-order valence-corrected chi connectivity index (χ1v) is 12.6. The number of hydrogen-bond acceptors (Lipinski definition) is 4. The first-order valence-electron chi connectivity index (χ1n) is 11.7. The second-order valence-electron chi connectivity index (χ2n) is 8.92. The Balaban J connectivity index is 1.31. The number of aryl methyl sites for hydroxylation is 3. The molecule has 0 atom stereocenters. The van der Waals surface area contributed by atoms with Gasteiger partial charge in [0.25, 0.3) is 5.91 Å². The minimum Gasteiger partial charge on any atom is -0.464 e. The summed E-state index contributed by atoms with van der Waals surface area (Å²) in [4.78, 5) is 27.4. The van der Waals surface area contributed by atoms with Crippen LogP contribution < -0.4 is 10.6 Å². The summed E-state index contributed by atoms with van der Waals surface area (Å²) >= 11 is 1.54. The molecule has 34 heavy (non-hydrogen) atoms. The number of thiophene rings is 1. The van der Waals surface area contributed by atoms with Crippen molar-refractivity contribution >= 4 is 39.1 Å². The van der Waals surface area contributed by atoms with Gasteiger partial charge < -0.3 is 15.1 Å². The maximum atomic E-state index is 13.1. The molecule has 4 aromatic rings. The van der Waals surface area contributed by atoms with Gasteiger partial charge in [0.15, 0.2) is 0 Å². The topological polar surface area (TPSA) is 71.3 Å². The Hall–Kier alpha value is -3.38. The third kappa shape index (κ3) is 4.38. The van der Waals surface area contributed by atoms with Gasteiger partial charge in [-0.3, -0.25) is 9.59 Å². The molecule has 2 aromatic heterocycles. The second-order valence-corrected chi connectivity index (χ2v) is 10.0. The number of benzene rings is 2. The van der Waals surface area contributed by atoms with Crippen LogP contribution in [0, 0.1) is 13.8 Å². The number of anilines is 1. The standard InChI is InChI=1S/C28H28N2O3S/c1-17-11-12-21-20(16-33-26(21)18(17)2)15-24(31)30-28-25(22-9-6-10-23(22)34-28)27(32)29-14-13-19-7-4-3-5-8-19/h3-5,7-8,11-12,16H,6,9-10,13-15H2,1-2H3,(H,29,32)(H,30,31). The molecule has 0 radical (unpaired) electrons. The summed E-state index contributed by atoms with van der Waals surface area (Å²) in [5.74, 6) is -0.246. The van der Waals surface area contributed by atoms with Crippen LogP contribution in [0.3, 0.4) is 0 Å². The maximum Gasteiger partial charge on any atom is 0.254 e. The average Bonchev–Trinajstić information content (AvgIpc) is 3.52. The lowest BCUT2D eigenvalue weighted by atomic mass is 10.0. The third-order valence-electron chi connectivity index (χ3n) is 6.64. The van der Waals surface area contributed by atoms with Crippen LogP contribution in [0.25, 0.3) is 11.0 Å². The number of fused-ring (bicyclic) bond motifs is 2. The molecule has 0 saturated carbocycles. The zero-order valence-electron chi connectivity index (χ0n) is 19.5. The van der Waals surface area contributed by atoms with Crippen molar-refractivity contribution < 1.29 is 14.0 Å². The van der Waals surface area contributed by atoms with Crippen LogP contribution >= 0.6 is 11.3 Å². The van der Waals surface area contributed by atoms with Crippen LogP contribution in [-0.2, 0) is 30.5 Å². The van der Waals surface area contributed by atoms with Crippen molar-refractivity contribution in [3.05, 3.63) is 87.0 Å². The molecule has 174 valence electrons. The first kappa shape index (κ1) is 22.4. The van der Waals surface area contributed by atoms with E-state index in [4.69, 9.17) is 4.42 Å². The van der Waals surface area contributed by atoms with Gasteiger partial charge in [0, 0.05) is 22.4 Å². The number of amides is 2. The summed E-state index contributed by atoms with van der Waals surface area (Å²) in [5.41, 5.74) is 6.86. The summed E-state index contributed by atoms with van der Waals surface area (Å²) in [6, 6.07) is 14.2. The van der Waals surface area contributed by atoms with E-state index in [1.807, 2.05) is 38.1 Å². The molecule has 6 heteroatoms. The van der Waals surface area contributed by atoms with Gasteiger partial charge in [-0.15, -0.1) is 11.3 Å². The van der Waals surface area contributed by atoms with Crippen molar-refractivity contribution in [3.8, 4) is 0 Å². The molecular weight excluding hydrogens is 444 g/mol. The number of furan rings is 1. The van der Waals surface area contributed by atoms with E-state index in [1.165, 1.54) is 21.8 Å². The van der Waals surface area contributed by atoms with Crippen molar-refractivity contribution in [2.45, 2.75) is 46.0 Å². The Morgan fingerprint density at radius 2 is 1.88 bits per heavy atom. The lowest BCUT2D eigenvalue weighted by molar-refractivity contribution is -0.115. The molecule has 2 N–H and O–H groups in total. The fourth-order valence-corrected chi connectivity index (χ4v) is 5.96. The van der Waals surface area contributed by atoms with Gasteiger partial charge in [-0.1, -0.05) is 42.5 Å². The van der Waals surface area contributed by atoms with Gasteiger partial charge in [-0.05, 0) is 61.8 Å². The molecule has 0 fully saturated rings. The summed E-state index contributed by atoms with van der Waals surface area (Å²) in [5, 5.41) is 7.72. The SMILES string of the molecule is Cc1ccc2c(CC(=O)Nc3sc4c(c3C(=O)NCCc3ccccc3)CCC4)coc2c1C. The molecule has 0 saturated heterocycles. The number of hydrogen-bond donors (Lipinski definition) is 2. The Kier molecular flexibility index (Phi) is 6.24. The van der Waals surface area contributed by atoms with E-state index in [0.717, 1.165) is 58.9 Å². The Labute approximate surface area is 203 Å². The Morgan fingerprint density at radius 1 is 1.06 bits per heavy atom. The smallest absolute Gasteiger partial charge is 0.254 e. The first-order chi connectivity index (χ1) is 16.5. The third-order valence-corrected chi connectivity index (χ3v) is 7.84. The fraction of sp³-hybridized carbons (Fsp3) is 0.286. The molecular formula is C28H28N2O3S. The minimum absolute atomic E-state index is 0.106. The normalized spacial score (nSPS) is 12.6. The highest BCUT2D eigenvalue weighted by atomic mass is 32.1. The lowest BCUT2D eigenvalue weighted by Gasteiger charge is -2.10. The summed E-state index contributed by atoms with van der Waals surface area (Å²) < 4.78 is 5.76. The molecule has 0 unspecified atom stereocenters. The predicted molar refractivity (Wildman–Crippen MR) is 137 cm³/mol. The van der Waals surface area contributed by atoms with Crippen molar-refractivity contribution in [2.24, 2.45) is 0 Å². The van der Waals surface area contributed by atoms with Crippen LogP contribution in [-0.4, -0.2) is 18.4 Å². The van der Waals surface area contributed by atoms with E-state index in [1.54, 1.807) is 6.26 Å². The van der Waals surface area contributed by atoms with E-state index >= 15 is 0 Å². The second kappa shape index (κ2) is 9.47. The van der Waals surface area contributed by atoms with Crippen LogP contribution in [0.1, 0.15) is 49.5 Å². The van der Waals surface area contributed by atoms with E-state index in [-0.39, 0.29) is 18.2 Å². The Morgan fingerprint density at radius 3 is 2.71 bits per heavy atom. The molecule has 1 aliphatic carbocycles. The molecule has 0 aliphatic heterocycles. The summed E-state index contributed by atoms with van der Waals surface area (Å²) in [6.07, 6.45) is 5.54. The lowest BCUT2D eigenvalue weighted by Crippen LogP contribution is -2.27. The van der Waals surface area contributed by atoms with Crippen LogP contribution in [0.5, 0.6) is 0 Å². The molecule has 2 aromatic carbocycles. The summed E-state index contributed by atoms with van der Waals surface area (Å²) in [6.45, 7) is 4.63. The molecule has 5 nitrogen and oxygen atoms in total. The molecule has 5 rings (SSSR count). The molecule has 2 heterocycles. The highest BCUT2D eigenvalue weighted by Crippen LogP contribution is 2.39. The van der Waals surface area contributed by atoms with Gasteiger partial charge in [0.05, 0.1) is 18.2 Å². The van der Waals surface area contributed by atoms with Gasteiger partial charge >= 0.3 is 0 Å². The maximum absolute atomic E-state index is 13.1. The van der Waals surface area contributed by atoms with Crippen LogP contribution in [0.4, 0.5) is 5.00 Å². The fourth-order valence-electron chi connectivity index (χ4n) is 4.66. The number of nitrogens with one attached hydrogen (secondary N) is 2. The number of rotatable bonds is 7. The minimum atomic E-state index is -0.140. The Bertz CT molecular complexity index is 1370. The highest BCUT2D eigenvalue weighted by molar-refractivity contribution is 7.17. The predicted octanol–water partition coefficient (Wildman–Crippen LogP) is 5.75. The average molecular weight is 473 g/mol. The van der Waals surface area contributed by atoms with Crippen LogP contribution in [0.2, 0.25) is 0 Å². The van der Waals surface area contributed by atoms with Crippen molar-refractivity contribution in [2.75, 3.05) is 11.9 Å². The largest absolute Gasteiger partial charge is 0.464 e. The van der Waals surface area contributed by atoms with Crippen molar-refractivity contribution in [1.82, 2.24) is 5.32 Å². The molecule has 0 bridgehead atoms. The van der Waals surface area contributed by atoms with E-state index < -0.39 is 0 Å². The zero-order chi connectivity index (χ0) is 23.7. The molecule has 2 amide bonds. The van der Waals surface area contributed by atoms with Gasteiger partial charge in [0.1, 0.15) is 10.6 Å². The quantitative estimate of drug-likeness (QED) is 0.360. The molecule has 0 spiro atoms. The number of carbonyl (C=O) groups excluding carboxylic acids is 2. The molecule has 1 aliphatic rings. The van der Waals surface area contributed by atoms with Crippen molar-refractivity contribution in [1.29, 1.82) is 0 Å². The van der Waals surface area contributed by atoms with Crippen LogP contribution in [0.15, 0.2) is 53.1 Å². The monoisotopic (exact) mass is 472 g/mol. The van der Waals surface area contributed by atoms with E-state index in [9.17, 15) is 9.59 Å². The number of carbonyl (C=O) groups is 2. The van der Waals surface area contributed by atoms with E-state index in [2.05, 4.69) is 28.8 Å². The zero-order valence-corrected chi connectivity index (χ0v) is 20.3. The summed E-state index contributed by atoms with van der Waals surface area (Å²) in [7, 11) is 0. The van der Waals surface area contributed by atoms with Gasteiger partial charge in [-0.25, -0.2) is 0 Å². The van der Waals surface area contributed by atoms with E-state index in [0.29, 0.717) is 17.1 Å². The highest BCUT2D eigenvalue weighted by Gasteiger charge is 2.27. The van der Waals surface area contributed by atoms with Gasteiger partial charge in [-0.2, -0.15) is 0 Å². The van der Waals surface area contributed by atoms with Crippen molar-refractivity contribution in [3.63, 3.8) is 0 Å².